The van der Waals surface area contributed by atoms with Crippen LogP contribution in [0.5, 0.6) is 0 Å². The standard InChI is InChI=1S/C15H15ClF3N/c1-4-8(2)10-5-6-12-11(7-10)13(16)9(3)14(20-12)15(17,18)19/h5-8H,4H2,1-3H3. The van der Waals surface area contributed by atoms with E-state index >= 15 is 0 Å². The van der Waals surface area contributed by atoms with Crippen molar-refractivity contribution in [2.24, 2.45) is 0 Å². The van der Waals surface area contributed by atoms with Crippen molar-refractivity contribution in [2.75, 3.05) is 0 Å². The highest BCUT2D eigenvalue weighted by molar-refractivity contribution is 6.36. The lowest BCUT2D eigenvalue weighted by Gasteiger charge is -2.15. The second-order valence-corrected chi connectivity index (χ2v) is 5.36. The number of nitrogens with zero attached hydrogens (tertiary/aromatic N) is 1. The first kappa shape index (κ1) is 15.1. The third-order valence-electron chi connectivity index (χ3n) is 3.62. The second kappa shape index (κ2) is 5.24. The van der Waals surface area contributed by atoms with E-state index in [2.05, 4.69) is 18.8 Å². The Bertz CT molecular complexity index is 650. The molecule has 5 heteroatoms. The summed E-state index contributed by atoms with van der Waals surface area (Å²) in [5.41, 5.74) is 0.405. The monoisotopic (exact) mass is 301 g/mol. The van der Waals surface area contributed by atoms with E-state index in [-0.39, 0.29) is 16.1 Å². The fraction of sp³-hybridized carbons (Fsp3) is 0.400. The van der Waals surface area contributed by atoms with Crippen LogP contribution in [0.1, 0.15) is 43.0 Å². The largest absolute Gasteiger partial charge is 0.433 e. The first-order chi connectivity index (χ1) is 9.25. The SMILES string of the molecule is CCC(C)c1ccc2nc(C(F)(F)F)c(C)c(Cl)c2c1. The van der Waals surface area contributed by atoms with E-state index < -0.39 is 11.9 Å². The maximum Gasteiger partial charge on any atom is 0.433 e. The molecule has 2 aromatic rings. The van der Waals surface area contributed by atoms with Gasteiger partial charge in [-0.15, -0.1) is 0 Å². The van der Waals surface area contributed by atoms with Gasteiger partial charge in [-0.25, -0.2) is 4.98 Å². The summed E-state index contributed by atoms with van der Waals surface area (Å²) in [6.07, 6.45) is -3.53. The molecule has 0 amide bonds. The molecule has 1 nitrogen and oxygen atoms in total. The molecule has 0 spiro atoms. The third-order valence-corrected chi connectivity index (χ3v) is 4.11. The van der Waals surface area contributed by atoms with Crippen LogP contribution in [0.25, 0.3) is 10.9 Å². The molecule has 0 saturated heterocycles. The van der Waals surface area contributed by atoms with Crippen LogP contribution in [0.2, 0.25) is 5.02 Å². The van der Waals surface area contributed by atoms with Crippen LogP contribution in [-0.2, 0) is 6.18 Å². The van der Waals surface area contributed by atoms with Crippen LogP contribution in [0.3, 0.4) is 0 Å². The second-order valence-electron chi connectivity index (χ2n) is 4.98. The summed E-state index contributed by atoms with van der Waals surface area (Å²) < 4.78 is 38.7. The maximum absolute atomic E-state index is 12.9. The number of benzene rings is 1. The van der Waals surface area contributed by atoms with Crippen molar-refractivity contribution >= 4 is 22.5 Å². The van der Waals surface area contributed by atoms with Crippen LogP contribution in [0.4, 0.5) is 13.2 Å². The minimum absolute atomic E-state index is 0.0204. The molecule has 0 fully saturated rings. The van der Waals surface area contributed by atoms with Crippen molar-refractivity contribution in [1.82, 2.24) is 4.98 Å². The Morgan fingerprint density at radius 1 is 1.30 bits per heavy atom. The van der Waals surface area contributed by atoms with Gasteiger partial charge < -0.3 is 0 Å². The Hall–Kier alpha value is -1.29. The minimum Gasteiger partial charge on any atom is -0.243 e. The highest BCUT2D eigenvalue weighted by Crippen LogP contribution is 2.37. The van der Waals surface area contributed by atoms with E-state index in [0.29, 0.717) is 11.3 Å². The molecule has 1 aromatic carbocycles. The molecule has 0 radical (unpaired) electrons. The van der Waals surface area contributed by atoms with Crippen molar-refractivity contribution in [3.63, 3.8) is 0 Å². The molecule has 0 aliphatic heterocycles. The molecule has 0 aliphatic carbocycles. The Morgan fingerprint density at radius 3 is 2.50 bits per heavy atom. The first-order valence-electron chi connectivity index (χ1n) is 6.42. The Balaban J connectivity index is 2.71. The number of hydrogen-bond acceptors (Lipinski definition) is 1. The summed E-state index contributed by atoms with van der Waals surface area (Å²) in [5, 5.41) is 0.711. The zero-order valence-corrected chi connectivity index (χ0v) is 12.2. The number of pyridine rings is 1. The zero-order valence-electron chi connectivity index (χ0n) is 11.5. The molecule has 0 bridgehead atoms. The smallest absolute Gasteiger partial charge is 0.243 e. The predicted molar refractivity (Wildman–Crippen MR) is 75.2 cm³/mol. The molecule has 20 heavy (non-hydrogen) atoms. The fourth-order valence-electron chi connectivity index (χ4n) is 2.16. The number of aromatic nitrogens is 1. The number of rotatable bonds is 2. The van der Waals surface area contributed by atoms with Gasteiger partial charge in [0, 0.05) is 5.39 Å². The van der Waals surface area contributed by atoms with Gasteiger partial charge in [-0.3, -0.25) is 0 Å². The summed E-state index contributed by atoms with van der Waals surface area (Å²) in [4.78, 5) is 3.72. The van der Waals surface area contributed by atoms with Crippen LogP contribution in [0.15, 0.2) is 18.2 Å². The molecule has 1 unspecified atom stereocenters. The van der Waals surface area contributed by atoms with Gasteiger partial charge in [-0.05, 0) is 42.5 Å². The predicted octanol–water partition coefficient (Wildman–Crippen LogP) is 5.73. The van der Waals surface area contributed by atoms with Crippen LogP contribution in [-0.4, -0.2) is 4.98 Å². The van der Waals surface area contributed by atoms with Gasteiger partial charge in [0.2, 0.25) is 0 Å². The van der Waals surface area contributed by atoms with Gasteiger partial charge in [0.1, 0.15) is 5.69 Å². The first-order valence-corrected chi connectivity index (χ1v) is 6.80. The normalized spacial score (nSPS) is 13.8. The molecule has 1 atom stereocenters. The molecular formula is C15H15ClF3N. The van der Waals surface area contributed by atoms with E-state index in [1.54, 1.807) is 6.07 Å². The topological polar surface area (TPSA) is 12.9 Å². The molecule has 108 valence electrons. The quantitative estimate of drug-likeness (QED) is 0.690. The van der Waals surface area contributed by atoms with Gasteiger partial charge >= 0.3 is 6.18 Å². The summed E-state index contributed by atoms with van der Waals surface area (Å²) in [7, 11) is 0. The maximum atomic E-state index is 12.9. The Morgan fingerprint density at radius 2 is 1.95 bits per heavy atom. The molecular weight excluding hydrogens is 287 g/mol. The van der Waals surface area contributed by atoms with E-state index in [0.717, 1.165) is 12.0 Å². The van der Waals surface area contributed by atoms with E-state index in [9.17, 15) is 13.2 Å². The summed E-state index contributed by atoms with van der Waals surface area (Å²) >= 11 is 6.12. The van der Waals surface area contributed by atoms with E-state index in [1.807, 2.05) is 12.1 Å². The van der Waals surface area contributed by atoms with Gasteiger partial charge in [0.25, 0.3) is 0 Å². The lowest BCUT2D eigenvalue weighted by Crippen LogP contribution is -2.11. The average molecular weight is 302 g/mol. The van der Waals surface area contributed by atoms with Crippen LogP contribution >= 0.6 is 11.6 Å². The number of fused-ring (bicyclic) bond motifs is 1. The number of hydrogen-bond donors (Lipinski definition) is 0. The van der Waals surface area contributed by atoms with E-state index in [4.69, 9.17) is 11.6 Å². The lowest BCUT2D eigenvalue weighted by atomic mass is 9.96. The van der Waals surface area contributed by atoms with Crippen LogP contribution < -0.4 is 0 Å². The summed E-state index contributed by atoms with van der Waals surface area (Å²) in [6, 6.07) is 5.26. The molecule has 0 aliphatic rings. The number of halogens is 4. The fourth-order valence-corrected chi connectivity index (χ4v) is 2.40. The van der Waals surface area contributed by atoms with Crippen molar-refractivity contribution in [2.45, 2.75) is 39.3 Å². The Kier molecular flexibility index (Phi) is 3.96. The van der Waals surface area contributed by atoms with Crippen LogP contribution in [0, 0.1) is 6.92 Å². The number of alkyl halides is 3. The van der Waals surface area contributed by atoms with Gasteiger partial charge in [-0.1, -0.05) is 31.5 Å². The van der Waals surface area contributed by atoms with Gasteiger partial charge in [-0.2, -0.15) is 13.2 Å². The minimum atomic E-state index is -4.49. The Labute approximate surface area is 120 Å². The highest BCUT2D eigenvalue weighted by Gasteiger charge is 2.35. The summed E-state index contributed by atoms with van der Waals surface area (Å²) in [5.74, 6) is 0.332. The summed E-state index contributed by atoms with van der Waals surface area (Å²) in [6.45, 7) is 5.49. The molecule has 1 heterocycles. The van der Waals surface area contributed by atoms with Crippen molar-refractivity contribution in [3.8, 4) is 0 Å². The molecule has 2 rings (SSSR count). The molecule has 0 saturated carbocycles. The molecule has 0 N–H and O–H groups in total. The van der Waals surface area contributed by atoms with Gasteiger partial charge in [0.05, 0.1) is 10.5 Å². The average Bonchev–Trinajstić information content (AvgIpc) is 2.40. The third kappa shape index (κ3) is 2.62. The molecule has 1 aromatic heterocycles. The van der Waals surface area contributed by atoms with Crippen molar-refractivity contribution in [1.29, 1.82) is 0 Å². The van der Waals surface area contributed by atoms with Gasteiger partial charge in [0.15, 0.2) is 0 Å². The van der Waals surface area contributed by atoms with Crippen molar-refractivity contribution in [3.05, 3.63) is 40.0 Å². The van der Waals surface area contributed by atoms with Crippen molar-refractivity contribution < 1.29 is 13.2 Å². The highest BCUT2D eigenvalue weighted by atomic mass is 35.5. The zero-order chi connectivity index (χ0) is 15.1. The van der Waals surface area contributed by atoms with E-state index in [1.165, 1.54) is 6.92 Å². The lowest BCUT2D eigenvalue weighted by molar-refractivity contribution is -0.141.